The van der Waals surface area contributed by atoms with Crippen molar-refractivity contribution in [2.24, 2.45) is 5.92 Å². The first-order valence-corrected chi connectivity index (χ1v) is 7.04. The van der Waals surface area contributed by atoms with E-state index in [1.807, 2.05) is 13.8 Å². The second kappa shape index (κ2) is 6.58. The van der Waals surface area contributed by atoms with Crippen LogP contribution in [0.1, 0.15) is 26.2 Å². The molecule has 1 heterocycles. The fourth-order valence-electron chi connectivity index (χ4n) is 2.13. The number of hydrogen-bond acceptors (Lipinski definition) is 4. The van der Waals surface area contributed by atoms with E-state index in [1.165, 1.54) is 0 Å². The zero-order valence-corrected chi connectivity index (χ0v) is 12.5. The molecule has 2 amide bonds. The van der Waals surface area contributed by atoms with Gasteiger partial charge in [0.1, 0.15) is 5.52 Å². The van der Waals surface area contributed by atoms with Crippen molar-refractivity contribution < 1.29 is 14.3 Å². The predicted octanol–water partition coefficient (Wildman–Crippen LogP) is 2.66. The highest BCUT2D eigenvalue weighted by atomic mass is 16.3. The zero-order chi connectivity index (χ0) is 15.4. The van der Waals surface area contributed by atoms with Crippen molar-refractivity contribution >= 4 is 22.8 Å². The van der Waals surface area contributed by atoms with E-state index in [0.717, 1.165) is 0 Å². The Labute approximate surface area is 123 Å². The van der Waals surface area contributed by atoms with Crippen LogP contribution < -0.4 is 10.6 Å². The van der Waals surface area contributed by atoms with E-state index in [1.54, 1.807) is 25.1 Å². The number of carbonyl (C=O) groups excluding carboxylic acids is 1. The topological polar surface area (TPSA) is 87.4 Å². The maximum atomic E-state index is 11.8. The van der Waals surface area contributed by atoms with Gasteiger partial charge in [0.2, 0.25) is 0 Å². The van der Waals surface area contributed by atoms with Crippen LogP contribution in [0.3, 0.4) is 0 Å². The van der Waals surface area contributed by atoms with E-state index in [2.05, 4.69) is 15.6 Å². The first-order valence-electron chi connectivity index (χ1n) is 7.04. The number of aliphatic hydroxyl groups is 1. The van der Waals surface area contributed by atoms with Gasteiger partial charge in [0, 0.05) is 19.2 Å². The molecule has 2 aromatic rings. The van der Waals surface area contributed by atoms with E-state index in [4.69, 9.17) is 4.42 Å². The van der Waals surface area contributed by atoms with Gasteiger partial charge in [0.15, 0.2) is 11.5 Å². The van der Waals surface area contributed by atoms with Crippen molar-refractivity contribution in [2.75, 3.05) is 11.9 Å². The average Bonchev–Trinajstić information content (AvgIpc) is 2.75. The van der Waals surface area contributed by atoms with Gasteiger partial charge in [-0.15, -0.1) is 0 Å². The minimum Gasteiger partial charge on any atom is -0.441 e. The van der Waals surface area contributed by atoms with Crippen molar-refractivity contribution in [2.45, 2.75) is 33.3 Å². The number of aromatic nitrogens is 1. The third-order valence-corrected chi connectivity index (χ3v) is 2.99. The van der Waals surface area contributed by atoms with Crippen LogP contribution in [-0.4, -0.2) is 28.8 Å². The van der Waals surface area contributed by atoms with Gasteiger partial charge in [-0.2, -0.15) is 0 Å². The molecular formula is C15H21N3O3. The molecule has 0 saturated heterocycles. The fourth-order valence-corrected chi connectivity index (χ4v) is 2.13. The highest BCUT2D eigenvalue weighted by Gasteiger charge is 2.10. The second-order valence-corrected chi connectivity index (χ2v) is 5.53. The number of rotatable bonds is 5. The van der Waals surface area contributed by atoms with Gasteiger partial charge >= 0.3 is 6.03 Å². The fraction of sp³-hybridized carbons (Fsp3) is 0.467. The highest BCUT2D eigenvalue weighted by Crippen LogP contribution is 2.19. The number of urea groups is 1. The lowest BCUT2D eigenvalue weighted by atomic mass is 10.1. The summed E-state index contributed by atoms with van der Waals surface area (Å²) in [6.07, 6.45) is 0.126. The molecule has 6 nitrogen and oxygen atoms in total. The van der Waals surface area contributed by atoms with Gasteiger partial charge in [-0.25, -0.2) is 9.78 Å². The number of carbonyl (C=O) groups is 1. The van der Waals surface area contributed by atoms with Gasteiger partial charge < -0.3 is 20.2 Å². The standard InChI is InChI=1S/C15H21N3O3/c1-9(2)6-12(19)8-16-15(20)18-11-4-5-14-13(7-11)17-10(3)21-14/h4-5,7,9,12,19H,6,8H2,1-3H3,(H2,16,18,20). The van der Waals surface area contributed by atoms with Crippen molar-refractivity contribution in [3.63, 3.8) is 0 Å². The normalized spacial score (nSPS) is 12.6. The van der Waals surface area contributed by atoms with Crippen LogP contribution in [0.5, 0.6) is 0 Å². The predicted molar refractivity (Wildman–Crippen MR) is 81.2 cm³/mol. The minimum absolute atomic E-state index is 0.231. The number of oxazole rings is 1. The molecule has 0 spiro atoms. The average molecular weight is 291 g/mol. The molecule has 1 aromatic carbocycles. The molecule has 3 N–H and O–H groups in total. The molecule has 6 heteroatoms. The van der Waals surface area contributed by atoms with Crippen LogP contribution in [0, 0.1) is 12.8 Å². The maximum absolute atomic E-state index is 11.8. The summed E-state index contributed by atoms with van der Waals surface area (Å²) in [6, 6.07) is 4.91. The molecule has 0 fully saturated rings. The molecule has 1 atom stereocenters. The summed E-state index contributed by atoms with van der Waals surface area (Å²) in [5, 5.41) is 15.1. The second-order valence-electron chi connectivity index (χ2n) is 5.53. The molecule has 21 heavy (non-hydrogen) atoms. The summed E-state index contributed by atoms with van der Waals surface area (Å²) in [5.74, 6) is 0.978. The maximum Gasteiger partial charge on any atom is 0.319 e. The third kappa shape index (κ3) is 4.46. The van der Waals surface area contributed by atoms with E-state index in [9.17, 15) is 9.90 Å². The Bertz CT molecular complexity index is 622. The van der Waals surface area contributed by atoms with Crippen LogP contribution in [-0.2, 0) is 0 Å². The zero-order valence-electron chi connectivity index (χ0n) is 12.5. The number of anilines is 1. The number of fused-ring (bicyclic) bond motifs is 1. The van der Waals surface area contributed by atoms with Crippen molar-refractivity contribution in [1.29, 1.82) is 0 Å². The van der Waals surface area contributed by atoms with E-state index >= 15 is 0 Å². The Morgan fingerprint density at radius 3 is 2.90 bits per heavy atom. The first kappa shape index (κ1) is 15.3. The lowest BCUT2D eigenvalue weighted by Gasteiger charge is -2.14. The number of nitrogens with one attached hydrogen (secondary N) is 2. The SMILES string of the molecule is Cc1nc2cc(NC(=O)NCC(O)CC(C)C)ccc2o1. The quantitative estimate of drug-likeness (QED) is 0.790. The number of aryl methyl sites for hydroxylation is 1. The Morgan fingerprint density at radius 1 is 1.43 bits per heavy atom. The Balaban J connectivity index is 1.89. The molecule has 0 bridgehead atoms. The lowest BCUT2D eigenvalue weighted by molar-refractivity contribution is 0.148. The van der Waals surface area contributed by atoms with E-state index < -0.39 is 6.10 Å². The molecule has 1 unspecified atom stereocenters. The van der Waals surface area contributed by atoms with Crippen molar-refractivity contribution in [3.05, 3.63) is 24.1 Å². The summed E-state index contributed by atoms with van der Waals surface area (Å²) in [7, 11) is 0. The number of aliphatic hydroxyl groups excluding tert-OH is 1. The number of amides is 2. The van der Waals surface area contributed by atoms with Crippen LogP contribution in [0.2, 0.25) is 0 Å². The number of hydrogen-bond donors (Lipinski definition) is 3. The number of benzene rings is 1. The monoisotopic (exact) mass is 291 g/mol. The summed E-state index contributed by atoms with van der Waals surface area (Å²) < 4.78 is 5.37. The summed E-state index contributed by atoms with van der Waals surface area (Å²) in [6.45, 7) is 6.06. The molecule has 1 aromatic heterocycles. The summed E-state index contributed by atoms with van der Waals surface area (Å²) in [5.41, 5.74) is 2.02. The molecule has 2 rings (SSSR count). The molecule has 114 valence electrons. The highest BCUT2D eigenvalue weighted by molar-refractivity contribution is 5.91. The van der Waals surface area contributed by atoms with E-state index in [0.29, 0.717) is 35.0 Å². The van der Waals surface area contributed by atoms with Gasteiger partial charge in [-0.3, -0.25) is 0 Å². The molecule has 0 aliphatic carbocycles. The lowest BCUT2D eigenvalue weighted by Crippen LogP contribution is -2.35. The third-order valence-electron chi connectivity index (χ3n) is 2.99. The molecule has 0 aliphatic heterocycles. The van der Waals surface area contributed by atoms with Crippen molar-refractivity contribution in [3.8, 4) is 0 Å². The van der Waals surface area contributed by atoms with Crippen LogP contribution in [0.25, 0.3) is 11.1 Å². The molecule has 0 aliphatic rings. The summed E-state index contributed by atoms with van der Waals surface area (Å²) in [4.78, 5) is 16.0. The molecular weight excluding hydrogens is 270 g/mol. The molecule has 0 radical (unpaired) electrons. The van der Waals surface area contributed by atoms with Gasteiger partial charge in [0.25, 0.3) is 0 Å². The van der Waals surface area contributed by atoms with Gasteiger partial charge in [-0.1, -0.05) is 13.8 Å². The van der Waals surface area contributed by atoms with Gasteiger partial charge in [0.05, 0.1) is 6.10 Å². The van der Waals surface area contributed by atoms with Gasteiger partial charge in [-0.05, 0) is 30.5 Å². The summed E-state index contributed by atoms with van der Waals surface area (Å²) >= 11 is 0. The van der Waals surface area contributed by atoms with Crippen molar-refractivity contribution in [1.82, 2.24) is 10.3 Å². The largest absolute Gasteiger partial charge is 0.441 e. The van der Waals surface area contributed by atoms with E-state index in [-0.39, 0.29) is 12.6 Å². The van der Waals surface area contributed by atoms with Crippen LogP contribution in [0.4, 0.5) is 10.5 Å². The Hall–Kier alpha value is -2.08. The van der Waals surface area contributed by atoms with Crippen LogP contribution >= 0.6 is 0 Å². The molecule has 0 saturated carbocycles. The number of nitrogens with zero attached hydrogens (tertiary/aromatic N) is 1. The first-order chi connectivity index (χ1) is 9.94. The minimum atomic E-state index is -0.531. The Morgan fingerprint density at radius 2 is 2.19 bits per heavy atom. The Kier molecular flexibility index (Phi) is 4.80. The smallest absolute Gasteiger partial charge is 0.319 e. The van der Waals surface area contributed by atoms with Crippen LogP contribution in [0.15, 0.2) is 22.6 Å².